The highest BCUT2D eigenvalue weighted by molar-refractivity contribution is 6.37. The van der Waals surface area contributed by atoms with E-state index in [9.17, 15) is 14.4 Å². The van der Waals surface area contributed by atoms with Gasteiger partial charge >= 0.3 is 5.97 Å². The Bertz CT molecular complexity index is 1510. The van der Waals surface area contributed by atoms with Crippen LogP contribution in [-0.4, -0.2) is 75.7 Å². The molecule has 0 saturated carbocycles. The fraction of sp³-hybridized carbons (Fsp3) is 0.233. The average molecular weight is 543 g/mol. The van der Waals surface area contributed by atoms with Gasteiger partial charge in [0.15, 0.2) is 11.5 Å². The second-order valence-corrected chi connectivity index (χ2v) is 9.76. The van der Waals surface area contributed by atoms with Crippen LogP contribution in [0.3, 0.4) is 0 Å². The number of carbonyl (C=O) groups excluding carboxylic acids is 3. The molecule has 206 valence electrons. The van der Waals surface area contributed by atoms with Crippen LogP contribution in [0.4, 0.5) is 11.4 Å². The number of likely N-dealkylation sites (N-methyl/N-ethyl adjacent to an activating group) is 2. The fourth-order valence-electron chi connectivity index (χ4n) is 4.51. The lowest BCUT2D eigenvalue weighted by atomic mass is 9.98. The summed E-state index contributed by atoms with van der Waals surface area (Å²) in [7, 11) is 7.02. The van der Waals surface area contributed by atoms with Crippen molar-refractivity contribution in [1.82, 2.24) is 9.80 Å². The van der Waals surface area contributed by atoms with Crippen molar-refractivity contribution >= 4 is 40.4 Å². The minimum absolute atomic E-state index is 0.0757. The van der Waals surface area contributed by atoms with E-state index in [1.165, 1.54) is 7.11 Å². The normalized spacial score (nSPS) is 14.5. The maximum atomic E-state index is 13.3. The van der Waals surface area contributed by atoms with Crippen LogP contribution < -0.4 is 20.1 Å². The number of rotatable bonds is 8. The van der Waals surface area contributed by atoms with Gasteiger partial charge in [0, 0.05) is 42.5 Å². The largest absolute Gasteiger partial charge is 0.465 e. The summed E-state index contributed by atoms with van der Waals surface area (Å²) in [5.41, 5.74) is 4.33. The molecule has 0 atom stereocenters. The van der Waals surface area contributed by atoms with Gasteiger partial charge in [-0.25, -0.2) is 4.79 Å². The zero-order chi connectivity index (χ0) is 28.4. The molecule has 2 aliphatic rings. The molecule has 2 amide bonds. The molecule has 10 heteroatoms. The number of nitrogens with one attached hydrogen (secondary N) is 2. The Morgan fingerprint density at radius 3 is 2.33 bits per heavy atom. The smallest absolute Gasteiger partial charge is 0.337 e. The number of anilines is 2. The van der Waals surface area contributed by atoms with E-state index >= 15 is 0 Å². The zero-order valence-corrected chi connectivity index (χ0v) is 22.7. The van der Waals surface area contributed by atoms with Crippen LogP contribution in [0, 0.1) is 0 Å². The van der Waals surface area contributed by atoms with Crippen LogP contribution in [-0.2, 0) is 9.53 Å². The van der Waals surface area contributed by atoms with Crippen LogP contribution in [0.25, 0.3) is 11.3 Å². The molecule has 0 bridgehead atoms. The van der Waals surface area contributed by atoms with Crippen molar-refractivity contribution < 1.29 is 28.6 Å². The Morgan fingerprint density at radius 1 is 0.900 bits per heavy atom. The van der Waals surface area contributed by atoms with E-state index in [1.807, 2.05) is 31.1 Å². The second kappa shape index (κ2) is 11.1. The highest BCUT2D eigenvalue weighted by atomic mass is 16.7. The molecule has 2 N–H and O–H groups in total. The number of fused-ring (bicyclic) bond motifs is 2. The lowest BCUT2D eigenvalue weighted by Crippen LogP contribution is -2.33. The summed E-state index contributed by atoms with van der Waals surface area (Å²) in [6, 6.07) is 17.5. The monoisotopic (exact) mass is 542 g/mol. The number of amides is 2. The van der Waals surface area contributed by atoms with Gasteiger partial charge in [-0.1, -0.05) is 6.07 Å². The molecule has 0 saturated heterocycles. The SMILES string of the molecule is COC(=O)c1ccc2c(c1)NC(=O)/C2=C(\Nc1ccc(C(=O)N(C)CCN(C)C)cc1)c1ccc2c(c1)OCO2. The van der Waals surface area contributed by atoms with Crippen molar-refractivity contribution in [3.8, 4) is 11.5 Å². The quantitative estimate of drug-likeness (QED) is 0.327. The third-order valence-corrected chi connectivity index (χ3v) is 6.73. The summed E-state index contributed by atoms with van der Waals surface area (Å²) in [4.78, 5) is 41.9. The highest BCUT2D eigenvalue weighted by Crippen LogP contribution is 2.41. The van der Waals surface area contributed by atoms with Gasteiger partial charge in [0.05, 0.1) is 29.6 Å². The molecule has 0 radical (unpaired) electrons. The van der Waals surface area contributed by atoms with Gasteiger partial charge in [0.25, 0.3) is 11.8 Å². The molecule has 3 aromatic carbocycles. The molecule has 2 aliphatic heterocycles. The fourth-order valence-corrected chi connectivity index (χ4v) is 4.51. The molecule has 0 fully saturated rings. The number of ether oxygens (including phenoxy) is 3. The Morgan fingerprint density at radius 2 is 1.60 bits per heavy atom. The van der Waals surface area contributed by atoms with Crippen molar-refractivity contribution in [3.63, 3.8) is 0 Å². The lowest BCUT2D eigenvalue weighted by Gasteiger charge is -2.20. The number of carbonyl (C=O) groups is 3. The Labute approximate surface area is 232 Å². The summed E-state index contributed by atoms with van der Waals surface area (Å²) in [6.07, 6.45) is 0. The van der Waals surface area contributed by atoms with E-state index in [-0.39, 0.29) is 18.6 Å². The molecule has 5 rings (SSSR count). The summed E-state index contributed by atoms with van der Waals surface area (Å²) in [5.74, 6) is 0.289. The average Bonchev–Trinajstić information content (AvgIpc) is 3.56. The second-order valence-electron chi connectivity index (χ2n) is 9.76. The van der Waals surface area contributed by atoms with Crippen molar-refractivity contribution in [1.29, 1.82) is 0 Å². The number of benzene rings is 3. The first-order valence-electron chi connectivity index (χ1n) is 12.7. The van der Waals surface area contributed by atoms with Crippen LogP contribution in [0.5, 0.6) is 11.5 Å². The first-order valence-corrected chi connectivity index (χ1v) is 12.7. The summed E-state index contributed by atoms with van der Waals surface area (Å²) in [5, 5.41) is 6.24. The molecular formula is C30H30N4O6. The molecule has 2 heterocycles. The van der Waals surface area contributed by atoms with Crippen LogP contribution in [0.2, 0.25) is 0 Å². The number of hydrogen-bond acceptors (Lipinski definition) is 8. The van der Waals surface area contributed by atoms with Gasteiger partial charge in [0.2, 0.25) is 6.79 Å². The molecule has 0 unspecified atom stereocenters. The third-order valence-electron chi connectivity index (χ3n) is 6.73. The molecule has 0 aliphatic carbocycles. The van der Waals surface area contributed by atoms with Crippen LogP contribution in [0.1, 0.15) is 31.8 Å². The lowest BCUT2D eigenvalue weighted by molar-refractivity contribution is -0.110. The van der Waals surface area contributed by atoms with Crippen molar-refractivity contribution in [2.24, 2.45) is 0 Å². The van der Waals surface area contributed by atoms with E-state index in [4.69, 9.17) is 14.2 Å². The number of hydrogen-bond donors (Lipinski definition) is 2. The van der Waals surface area contributed by atoms with Crippen molar-refractivity contribution in [2.45, 2.75) is 0 Å². The van der Waals surface area contributed by atoms with E-state index in [0.717, 1.165) is 6.54 Å². The van der Waals surface area contributed by atoms with Crippen LogP contribution >= 0.6 is 0 Å². The van der Waals surface area contributed by atoms with Gasteiger partial charge < -0.3 is 34.6 Å². The predicted molar refractivity (Wildman–Crippen MR) is 151 cm³/mol. The maximum absolute atomic E-state index is 13.3. The van der Waals surface area contributed by atoms with E-state index in [1.54, 1.807) is 60.5 Å². The molecule has 40 heavy (non-hydrogen) atoms. The van der Waals surface area contributed by atoms with E-state index < -0.39 is 5.97 Å². The Balaban J connectivity index is 1.51. The molecular weight excluding hydrogens is 512 g/mol. The van der Waals surface area contributed by atoms with Gasteiger partial charge in [-0.2, -0.15) is 0 Å². The number of nitrogens with zero attached hydrogens (tertiary/aromatic N) is 2. The standard InChI is InChI=1S/C30H30N4O6/c1-33(2)13-14-34(3)29(36)18-5-9-21(10-6-18)31-27(19-8-12-24-25(16-19)40-17-39-24)26-22-11-7-20(30(37)38-4)15-23(22)32-28(26)35/h5-12,15-16,31H,13-14,17H2,1-4H3,(H,32,35)/b27-26-. The van der Waals surface area contributed by atoms with Gasteiger partial charge in [0.1, 0.15) is 0 Å². The molecule has 0 spiro atoms. The third kappa shape index (κ3) is 5.34. The summed E-state index contributed by atoms with van der Waals surface area (Å²) >= 11 is 0. The Hall–Kier alpha value is -4.83. The first-order chi connectivity index (χ1) is 19.2. The van der Waals surface area contributed by atoms with Gasteiger partial charge in [-0.15, -0.1) is 0 Å². The zero-order valence-electron chi connectivity index (χ0n) is 22.7. The van der Waals surface area contributed by atoms with E-state index in [2.05, 4.69) is 10.6 Å². The molecule has 3 aromatic rings. The molecule has 0 aromatic heterocycles. The first kappa shape index (κ1) is 26.8. The Kier molecular flexibility index (Phi) is 7.43. The van der Waals surface area contributed by atoms with Gasteiger partial charge in [-0.3, -0.25) is 9.59 Å². The van der Waals surface area contributed by atoms with Gasteiger partial charge in [-0.05, 0) is 68.7 Å². The molecule has 10 nitrogen and oxygen atoms in total. The topological polar surface area (TPSA) is 109 Å². The summed E-state index contributed by atoms with van der Waals surface area (Å²) < 4.78 is 15.9. The highest BCUT2D eigenvalue weighted by Gasteiger charge is 2.30. The number of esters is 1. The minimum atomic E-state index is -0.495. The van der Waals surface area contributed by atoms with Crippen molar-refractivity contribution in [3.05, 3.63) is 82.9 Å². The van der Waals surface area contributed by atoms with E-state index in [0.29, 0.717) is 62.9 Å². The predicted octanol–water partition coefficient (Wildman–Crippen LogP) is 3.77. The minimum Gasteiger partial charge on any atom is -0.465 e. The summed E-state index contributed by atoms with van der Waals surface area (Å²) in [6.45, 7) is 1.49. The van der Waals surface area contributed by atoms with Crippen molar-refractivity contribution in [2.75, 3.05) is 58.8 Å². The van der Waals surface area contributed by atoms with Crippen LogP contribution in [0.15, 0.2) is 60.7 Å². The maximum Gasteiger partial charge on any atom is 0.337 e. The number of methoxy groups -OCH3 is 1.